The van der Waals surface area contributed by atoms with Gasteiger partial charge in [0, 0.05) is 10.9 Å². The fraction of sp³-hybridized carbons (Fsp3) is 0.188. The summed E-state index contributed by atoms with van der Waals surface area (Å²) in [5, 5.41) is 8.79. The number of Topliss-reactive ketones (excluding diaryl/α,β-unsaturated/α-hetero) is 1. The largest absolute Gasteiger partial charge is 0.449 e. The molecule has 0 fully saturated rings. The molecule has 3 N–H and O–H groups in total. The van der Waals surface area contributed by atoms with Crippen LogP contribution in [0.2, 0.25) is 0 Å². The fourth-order valence-corrected chi connectivity index (χ4v) is 3.56. The maximum Gasteiger partial charge on any atom is 0.339 e. The third kappa shape index (κ3) is 4.75. The van der Waals surface area contributed by atoms with E-state index in [2.05, 4.69) is 5.32 Å². The van der Waals surface area contributed by atoms with E-state index in [9.17, 15) is 22.8 Å². The highest BCUT2D eigenvalue weighted by molar-refractivity contribution is 7.91. The van der Waals surface area contributed by atoms with E-state index in [0.717, 1.165) is 17.4 Å². The average Bonchev–Trinajstić information content (AvgIpc) is 3.05. The van der Waals surface area contributed by atoms with Gasteiger partial charge in [-0.15, -0.1) is 11.3 Å². The Balaban J connectivity index is 2.06. The zero-order valence-corrected chi connectivity index (χ0v) is 15.5. The third-order valence-corrected chi connectivity index (χ3v) is 5.70. The minimum Gasteiger partial charge on any atom is -0.449 e. The Bertz CT molecular complexity index is 965. The smallest absolute Gasteiger partial charge is 0.339 e. The highest BCUT2D eigenvalue weighted by atomic mass is 32.2. The molecule has 0 aliphatic heterocycles. The van der Waals surface area contributed by atoms with Crippen LogP contribution in [0.5, 0.6) is 0 Å². The van der Waals surface area contributed by atoms with E-state index in [-0.39, 0.29) is 15.6 Å². The van der Waals surface area contributed by atoms with Gasteiger partial charge in [-0.05, 0) is 32.0 Å². The molecule has 0 aliphatic carbocycles. The molecule has 8 nitrogen and oxygen atoms in total. The van der Waals surface area contributed by atoms with E-state index < -0.39 is 28.0 Å². The number of nitrogens with two attached hydrogens (primary N) is 1. The lowest BCUT2D eigenvalue weighted by Crippen LogP contribution is -2.30. The summed E-state index contributed by atoms with van der Waals surface area (Å²) in [5.74, 6) is -1.72. The summed E-state index contributed by atoms with van der Waals surface area (Å²) in [5.41, 5.74) is 0.609. The van der Waals surface area contributed by atoms with Gasteiger partial charge in [0.25, 0.3) is 5.91 Å². The van der Waals surface area contributed by atoms with E-state index in [4.69, 9.17) is 9.88 Å². The Labute approximate surface area is 154 Å². The summed E-state index contributed by atoms with van der Waals surface area (Å²) in [4.78, 5) is 35.8. The van der Waals surface area contributed by atoms with Gasteiger partial charge in [-0.2, -0.15) is 0 Å². The predicted molar refractivity (Wildman–Crippen MR) is 95.6 cm³/mol. The summed E-state index contributed by atoms with van der Waals surface area (Å²) < 4.78 is 27.3. The van der Waals surface area contributed by atoms with Crippen LogP contribution >= 0.6 is 11.3 Å². The van der Waals surface area contributed by atoms with Crippen LogP contribution in [0.15, 0.2) is 39.9 Å². The van der Waals surface area contributed by atoms with Crippen LogP contribution in [0.4, 0.5) is 5.69 Å². The van der Waals surface area contributed by atoms with Crippen molar-refractivity contribution in [1.82, 2.24) is 0 Å². The van der Waals surface area contributed by atoms with E-state index >= 15 is 0 Å². The molecule has 0 spiro atoms. The number of thiophene rings is 1. The summed E-state index contributed by atoms with van der Waals surface area (Å²) in [6.45, 7) is 2.73. The molecule has 1 aromatic carbocycles. The van der Waals surface area contributed by atoms with Crippen molar-refractivity contribution >= 4 is 44.7 Å². The molecule has 1 amide bonds. The minimum atomic E-state index is -3.91. The third-order valence-electron chi connectivity index (χ3n) is 3.31. The molecule has 10 heteroatoms. The number of primary sulfonamides is 1. The zero-order chi connectivity index (χ0) is 19.5. The Morgan fingerprint density at radius 1 is 1.23 bits per heavy atom. The Hall–Kier alpha value is -2.56. The number of sulfonamides is 1. The van der Waals surface area contributed by atoms with Crippen molar-refractivity contribution in [3.8, 4) is 0 Å². The molecule has 0 bridgehead atoms. The number of ether oxygens (including phenoxy) is 1. The summed E-state index contributed by atoms with van der Waals surface area (Å²) in [6.07, 6.45) is -1.17. The van der Waals surface area contributed by atoms with Gasteiger partial charge >= 0.3 is 5.97 Å². The number of rotatable bonds is 6. The minimum absolute atomic E-state index is 0.0252. The number of esters is 1. The predicted octanol–water partition coefficient (Wildman–Crippen LogP) is 1.78. The van der Waals surface area contributed by atoms with Crippen LogP contribution in [0.1, 0.15) is 34.6 Å². The highest BCUT2D eigenvalue weighted by Crippen LogP contribution is 2.20. The van der Waals surface area contributed by atoms with Crippen molar-refractivity contribution in [3.63, 3.8) is 0 Å². The lowest BCUT2D eigenvalue weighted by atomic mass is 10.1. The topological polar surface area (TPSA) is 133 Å². The lowest BCUT2D eigenvalue weighted by Gasteiger charge is -2.14. The molecule has 1 atom stereocenters. The zero-order valence-electron chi connectivity index (χ0n) is 13.9. The molecule has 26 heavy (non-hydrogen) atoms. The van der Waals surface area contributed by atoms with Crippen LogP contribution in [0.25, 0.3) is 0 Å². The number of para-hydroxylation sites is 1. The number of hydrogen-bond donors (Lipinski definition) is 2. The van der Waals surface area contributed by atoms with Crippen molar-refractivity contribution in [1.29, 1.82) is 0 Å². The molecular formula is C16H16N2O6S2. The van der Waals surface area contributed by atoms with Crippen molar-refractivity contribution in [3.05, 3.63) is 46.8 Å². The fourth-order valence-electron chi connectivity index (χ4n) is 1.99. The Morgan fingerprint density at radius 3 is 2.46 bits per heavy atom. The van der Waals surface area contributed by atoms with Crippen molar-refractivity contribution in [2.45, 2.75) is 24.2 Å². The first-order chi connectivity index (χ1) is 12.1. The number of ketones is 1. The van der Waals surface area contributed by atoms with Gasteiger partial charge in [0.05, 0.1) is 11.3 Å². The van der Waals surface area contributed by atoms with Crippen LogP contribution in [-0.2, 0) is 19.6 Å². The first-order valence-electron chi connectivity index (χ1n) is 7.32. The van der Waals surface area contributed by atoms with Crippen molar-refractivity contribution < 1.29 is 27.5 Å². The highest BCUT2D eigenvalue weighted by Gasteiger charge is 2.22. The normalized spacial score (nSPS) is 12.3. The number of amides is 1. The van der Waals surface area contributed by atoms with E-state index in [1.807, 2.05) is 0 Å². The first-order valence-corrected chi connectivity index (χ1v) is 9.75. The second kappa shape index (κ2) is 7.77. The monoisotopic (exact) mass is 396 g/mol. The van der Waals surface area contributed by atoms with Crippen molar-refractivity contribution in [2.75, 3.05) is 5.32 Å². The first kappa shape index (κ1) is 19.8. The van der Waals surface area contributed by atoms with Gasteiger partial charge < -0.3 is 10.1 Å². The van der Waals surface area contributed by atoms with E-state index in [1.165, 1.54) is 19.2 Å². The molecule has 1 unspecified atom stereocenters. The number of hydrogen-bond acceptors (Lipinski definition) is 7. The molecule has 2 aromatic rings. The Kier molecular flexibility index (Phi) is 5.90. The number of carbonyl (C=O) groups excluding carboxylic acids is 3. The standard InChI is InChI=1S/C16H16N2O6S2/c1-9(19)12-5-3-4-6-13(12)18-15(20)10(2)24-16(21)11-7-14(25-8-11)26(17,22)23/h3-8,10H,1-2H3,(H,18,20)(H2,17,22,23). The van der Waals surface area contributed by atoms with Crippen molar-refractivity contribution in [2.24, 2.45) is 5.14 Å². The molecule has 0 saturated carbocycles. The van der Waals surface area contributed by atoms with Crippen LogP contribution in [-0.4, -0.2) is 32.2 Å². The van der Waals surface area contributed by atoms with E-state index in [0.29, 0.717) is 11.3 Å². The van der Waals surface area contributed by atoms with E-state index in [1.54, 1.807) is 24.3 Å². The molecule has 1 aromatic heterocycles. The Morgan fingerprint density at radius 2 is 1.88 bits per heavy atom. The second-order valence-electron chi connectivity index (χ2n) is 5.34. The summed E-state index contributed by atoms with van der Waals surface area (Å²) in [7, 11) is -3.91. The number of carbonyl (C=O) groups is 3. The van der Waals surface area contributed by atoms with Gasteiger partial charge in [0.2, 0.25) is 10.0 Å². The van der Waals surface area contributed by atoms with Gasteiger partial charge in [-0.25, -0.2) is 18.4 Å². The molecule has 2 rings (SSSR count). The number of nitrogens with one attached hydrogen (secondary N) is 1. The number of benzene rings is 1. The summed E-state index contributed by atoms with van der Waals surface area (Å²) >= 11 is 0.776. The molecule has 138 valence electrons. The molecule has 0 aliphatic rings. The van der Waals surface area contributed by atoms with Crippen LogP contribution < -0.4 is 10.5 Å². The van der Waals surface area contributed by atoms with Gasteiger partial charge in [-0.1, -0.05) is 12.1 Å². The van der Waals surface area contributed by atoms with Gasteiger partial charge in [0.1, 0.15) is 4.21 Å². The maximum absolute atomic E-state index is 12.2. The molecule has 0 radical (unpaired) electrons. The summed E-state index contributed by atoms with van der Waals surface area (Å²) in [6, 6.07) is 7.52. The lowest BCUT2D eigenvalue weighted by molar-refractivity contribution is -0.123. The SMILES string of the molecule is CC(=O)c1ccccc1NC(=O)C(C)OC(=O)c1csc(S(N)(=O)=O)c1. The molecule has 1 heterocycles. The number of anilines is 1. The second-order valence-corrected chi connectivity index (χ2v) is 8.04. The quantitative estimate of drug-likeness (QED) is 0.565. The average molecular weight is 396 g/mol. The van der Waals surface area contributed by atoms with Crippen LogP contribution in [0.3, 0.4) is 0 Å². The molecule has 0 saturated heterocycles. The maximum atomic E-state index is 12.2. The van der Waals surface area contributed by atoms with Gasteiger partial charge in [-0.3, -0.25) is 9.59 Å². The molecular weight excluding hydrogens is 380 g/mol. The van der Waals surface area contributed by atoms with Crippen LogP contribution in [0, 0.1) is 0 Å². The van der Waals surface area contributed by atoms with Gasteiger partial charge in [0.15, 0.2) is 11.9 Å².